The van der Waals surface area contributed by atoms with Crippen LogP contribution in [0.15, 0.2) is 4.99 Å². The number of aliphatic imine (C=N–C) groups is 1. The standard InChI is InChI=1S/C16H34N4O3.HI/c1-13(2)7-11-22-12-10-19-14(17-6)18-8-9-20-15(21)23-16(3,4)5;/h13H,7-12H2,1-6H3,(H,20,21)(H2,17,18,19);1H. The Bertz CT molecular complexity index is 358. The molecule has 7 nitrogen and oxygen atoms in total. The summed E-state index contributed by atoms with van der Waals surface area (Å²) in [6.07, 6.45) is 0.657. The number of ether oxygens (including phenoxy) is 2. The van der Waals surface area contributed by atoms with Crippen molar-refractivity contribution >= 4 is 36.0 Å². The minimum atomic E-state index is -0.481. The average molecular weight is 458 g/mol. The summed E-state index contributed by atoms with van der Waals surface area (Å²) in [5.74, 6) is 1.35. The number of hydrogen-bond acceptors (Lipinski definition) is 4. The first kappa shape index (κ1) is 25.5. The van der Waals surface area contributed by atoms with Crippen LogP contribution in [0.3, 0.4) is 0 Å². The molecule has 0 aromatic carbocycles. The van der Waals surface area contributed by atoms with E-state index >= 15 is 0 Å². The second kappa shape index (κ2) is 14.6. The number of rotatable bonds is 9. The van der Waals surface area contributed by atoms with Gasteiger partial charge in [0.2, 0.25) is 0 Å². The quantitative estimate of drug-likeness (QED) is 0.214. The molecular weight excluding hydrogens is 423 g/mol. The van der Waals surface area contributed by atoms with Gasteiger partial charge < -0.3 is 25.4 Å². The third-order valence-electron chi connectivity index (χ3n) is 2.69. The van der Waals surface area contributed by atoms with Gasteiger partial charge in [0.1, 0.15) is 5.60 Å². The van der Waals surface area contributed by atoms with Crippen molar-refractivity contribution in [1.82, 2.24) is 16.0 Å². The maximum Gasteiger partial charge on any atom is 0.407 e. The zero-order valence-corrected chi connectivity index (χ0v) is 18.2. The van der Waals surface area contributed by atoms with Crippen LogP contribution < -0.4 is 16.0 Å². The van der Waals surface area contributed by atoms with Crippen molar-refractivity contribution in [2.75, 3.05) is 39.9 Å². The van der Waals surface area contributed by atoms with Gasteiger partial charge >= 0.3 is 6.09 Å². The Kier molecular flexibility index (Phi) is 15.5. The van der Waals surface area contributed by atoms with Crippen LogP contribution >= 0.6 is 24.0 Å². The van der Waals surface area contributed by atoms with Gasteiger partial charge in [-0.1, -0.05) is 13.8 Å². The molecule has 8 heteroatoms. The minimum Gasteiger partial charge on any atom is -0.444 e. The van der Waals surface area contributed by atoms with E-state index in [4.69, 9.17) is 9.47 Å². The lowest BCUT2D eigenvalue weighted by molar-refractivity contribution is 0.0529. The van der Waals surface area contributed by atoms with Gasteiger partial charge in [-0.3, -0.25) is 4.99 Å². The van der Waals surface area contributed by atoms with Crippen LogP contribution in [0.4, 0.5) is 4.79 Å². The van der Waals surface area contributed by atoms with E-state index in [1.54, 1.807) is 7.05 Å². The van der Waals surface area contributed by atoms with Crippen molar-refractivity contribution in [3.63, 3.8) is 0 Å². The molecule has 0 aliphatic carbocycles. The maximum atomic E-state index is 11.5. The van der Waals surface area contributed by atoms with E-state index in [1.807, 2.05) is 20.8 Å². The van der Waals surface area contributed by atoms with Crippen molar-refractivity contribution in [2.24, 2.45) is 10.9 Å². The minimum absolute atomic E-state index is 0. The van der Waals surface area contributed by atoms with E-state index in [1.165, 1.54) is 0 Å². The SMILES string of the molecule is CN=C(NCCNC(=O)OC(C)(C)C)NCCOCCC(C)C.I. The van der Waals surface area contributed by atoms with Crippen molar-refractivity contribution in [3.05, 3.63) is 0 Å². The van der Waals surface area contributed by atoms with Gasteiger partial charge in [0.15, 0.2) is 5.96 Å². The molecule has 0 aromatic rings. The summed E-state index contributed by atoms with van der Waals surface area (Å²) in [5.41, 5.74) is -0.481. The van der Waals surface area contributed by atoms with Crippen LogP contribution in [0.2, 0.25) is 0 Å². The van der Waals surface area contributed by atoms with Gasteiger partial charge in [0.25, 0.3) is 0 Å². The van der Waals surface area contributed by atoms with Gasteiger partial charge in [-0.05, 0) is 33.1 Å². The van der Waals surface area contributed by atoms with Crippen LogP contribution in [0.1, 0.15) is 41.0 Å². The fourth-order valence-corrected chi connectivity index (χ4v) is 1.54. The molecule has 0 rings (SSSR count). The topological polar surface area (TPSA) is 84.0 Å². The molecule has 0 bridgehead atoms. The summed E-state index contributed by atoms with van der Waals surface area (Å²) in [4.78, 5) is 15.6. The molecule has 1 amide bonds. The van der Waals surface area contributed by atoms with Gasteiger partial charge in [-0.2, -0.15) is 0 Å². The predicted molar refractivity (Wildman–Crippen MR) is 109 cm³/mol. The normalized spacial score (nSPS) is 11.7. The monoisotopic (exact) mass is 458 g/mol. The number of guanidine groups is 1. The first-order chi connectivity index (χ1) is 10.7. The Hall–Kier alpha value is -0.770. The molecule has 3 N–H and O–H groups in total. The molecular formula is C16H35IN4O3. The number of halogens is 1. The Labute approximate surface area is 163 Å². The fraction of sp³-hybridized carbons (Fsp3) is 0.875. The first-order valence-electron chi connectivity index (χ1n) is 8.23. The van der Waals surface area contributed by atoms with E-state index in [-0.39, 0.29) is 24.0 Å². The van der Waals surface area contributed by atoms with Gasteiger partial charge in [-0.25, -0.2) is 4.79 Å². The fourth-order valence-electron chi connectivity index (χ4n) is 1.54. The smallest absolute Gasteiger partial charge is 0.407 e. The highest BCUT2D eigenvalue weighted by atomic mass is 127. The first-order valence-corrected chi connectivity index (χ1v) is 8.23. The summed E-state index contributed by atoms with van der Waals surface area (Å²) in [7, 11) is 1.70. The van der Waals surface area contributed by atoms with E-state index in [9.17, 15) is 4.79 Å². The van der Waals surface area contributed by atoms with Gasteiger partial charge in [-0.15, -0.1) is 24.0 Å². The molecule has 0 aromatic heterocycles. The molecule has 0 saturated carbocycles. The molecule has 0 spiro atoms. The van der Waals surface area contributed by atoms with Gasteiger partial charge in [0.05, 0.1) is 6.61 Å². The molecule has 0 heterocycles. The zero-order chi connectivity index (χ0) is 17.7. The van der Waals surface area contributed by atoms with Gasteiger partial charge in [0, 0.05) is 33.3 Å². The summed E-state index contributed by atoms with van der Waals surface area (Å²) in [6.45, 7) is 13.0. The Morgan fingerprint density at radius 1 is 1.04 bits per heavy atom. The van der Waals surface area contributed by atoms with E-state index in [2.05, 4.69) is 34.8 Å². The molecule has 144 valence electrons. The van der Waals surface area contributed by atoms with E-state index in [0.29, 0.717) is 38.1 Å². The molecule has 0 aliphatic rings. The van der Waals surface area contributed by atoms with Crippen LogP contribution in [0.25, 0.3) is 0 Å². The highest BCUT2D eigenvalue weighted by Crippen LogP contribution is 2.05. The third kappa shape index (κ3) is 17.6. The Balaban J connectivity index is 0. The van der Waals surface area contributed by atoms with Crippen LogP contribution in [0, 0.1) is 5.92 Å². The number of amides is 1. The second-order valence-electron chi connectivity index (χ2n) is 6.65. The lowest BCUT2D eigenvalue weighted by Gasteiger charge is -2.19. The molecule has 0 aliphatic heterocycles. The second-order valence-corrected chi connectivity index (χ2v) is 6.65. The number of hydrogen-bond donors (Lipinski definition) is 3. The van der Waals surface area contributed by atoms with E-state index in [0.717, 1.165) is 13.0 Å². The molecule has 0 atom stereocenters. The van der Waals surface area contributed by atoms with Crippen molar-refractivity contribution in [2.45, 2.75) is 46.6 Å². The molecule has 0 saturated heterocycles. The van der Waals surface area contributed by atoms with E-state index < -0.39 is 11.7 Å². The Morgan fingerprint density at radius 2 is 1.62 bits per heavy atom. The number of carbonyl (C=O) groups excluding carboxylic acids is 1. The molecule has 24 heavy (non-hydrogen) atoms. The van der Waals surface area contributed by atoms with Crippen molar-refractivity contribution in [3.8, 4) is 0 Å². The highest BCUT2D eigenvalue weighted by molar-refractivity contribution is 14.0. The summed E-state index contributed by atoms with van der Waals surface area (Å²) < 4.78 is 10.7. The lowest BCUT2D eigenvalue weighted by atomic mass is 10.1. The number of alkyl carbamates (subject to hydrolysis) is 1. The van der Waals surface area contributed by atoms with Crippen LogP contribution in [0.5, 0.6) is 0 Å². The molecule has 0 radical (unpaired) electrons. The molecule has 0 fully saturated rings. The average Bonchev–Trinajstić information content (AvgIpc) is 2.42. The largest absolute Gasteiger partial charge is 0.444 e. The number of nitrogens with zero attached hydrogens (tertiary/aromatic N) is 1. The summed E-state index contributed by atoms with van der Waals surface area (Å²) in [5, 5.41) is 8.95. The lowest BCUT2D eigenvalue weighted by Crippen LogP contribution is -2.43. The molecule has 0 unspecified atom stereocenters. The summed E-state index contributed by atoms with van der Waals surface area (Å²) in [6, 6.07) is 0. The highest BCUT2D eigenvalue weighted by Gasteiger charge is 2.15. The number of carbonyl (C=O) groups is 1. The Morgan fingerprint density at radius 3 is 2.17 bits per heavy atom. The van der Waals surface area contributed by atoms with Crippen molar-refractivity contribution in [1.29, 1.82) is 0 Å². The predicted octanol–water partition coefficient (Wildman–Crippen LogP) is 2.36. The van der Waals surface area contributed by atoms with Crippen LogP contribution in [-0.2, 0) is 9.47 Å². The number of nitrogens with one attached hydrogen (secondary N) is 3. The zero-order valence-electron chi connectivity index (χ0n) is 15.9. The van der Waals surface area contributed by atoms with Crippen molar-refractivity contribution < 1.29 is 14.3 Å². The summed E-state index contributed by atoms with van der Waals surface area (Å²) >= 11 is 0. The maximum absolute atomic E-state index is 11.5. The van der Waals surface area contributed by atoms with Crippen LogP contribution in [-0.4, -0.2) is 57.5 Å². The third-order valence-corrected chi connectivity index (χ3v) is 2.69.